The Morgan fingerprint density at radius 2 is 1.05 bits per heavy atom. The van der Waals surface area contributed by atoms with Crippen LogP contribution >= 0.6 is 101 Å². The number of hydrogen-bond donors (Lipinski definition) is 0. The average Bonchev–Trinajstić information content (AvgIpc) is 2.61. The van der Waals surface area contributed by atoms with Gasteiger partial charge < -0.3 is 0 Å². The molecule has 2 fully saturated rings. The molecule has 0 nitrogen and oxygen atoms in total. The topological polar surface area (TPSA) is 0 Å². The average molecular weight is 541 g/mol. The molecule has 0 N–H and O–H groups in total. The van der Waals surface area contributed by atoms with Gasteiger partial charge in [-0.2, -0.15) is 0 Å². The van der Waals surface area contributed by atoms with Crippen LogP contribution < -0.4 is 0 Å². The molecule has 0 amide bonds. The van der Waals surface area contributed by atoms with E-state index in [1.807, 2.05) is 0 Å². The van der Waals surface area contributed by atoms with Crippen molar-refractivity contribution in [3.8, 4) is 0 Å². The van der Waals surface area contributed by atoms with Gasteiger partial charge in [-0.05, 0) is 37.5 Å². The Bertz CT molecular complexity index is 467. The zero-order chi connectivity index (χ0) is 15.8. The van der Waals surface area contributed by atoms with E-state index in [2.05, 4.69) is 31.9 Å². The van der Waals surface area contributed by atoms with Gasteiger partial charge in [0.1, 0.15) is 9.75 Å². The molecule has 0 aromatic heterocycles. The van der Waals surface area contributed by atoms with Gasteiger partial charge in [0.2, 0.25) is 0 Å². The molecule has 6 atom stereocenters. The minimum absolute atomic E-state index is 0.0155. The molecule has 0 aromatic carbocycles. The third-order valence-corrected chi connectivity index (χ3v) is 12.4. The lowest BCUT2D eigenvalue weighted by molar-refractivity contribution is 0.264. The molecular formula is C13H12Br2Cl6. The molecular weight excluding hydrogens is 529 g/mol. The molecule has 21 heavy (non-hydrogen) atoms. The number of hydrogen-bond acceptors (Lipinski definition) is 0. The van der Waals surface area contributed by atoms with Crippen molar-refractivity contribution in [2.24, 2.45) is 11.8 Å². The highest BCUT2D eigenvalue weighted by molar-refractivity contribution is 9.12. The van der Waals surface area contributed by atoms with Crippen LogP contribution in [0.1, 0.15) is 25.7 Å². The van der Waals surface area contributed by atoms with Crippen LogP contribution in [0.15, 0.2) is 10.1 Å². The van der Waals surface area contributed by atoms with Gasteiger partial charge in [-0.15, -0.1) is 23.2 Å². The molecule has 8 heteroatoms. The monoisotopic (exact) mass is 536 g/mol. The molecule has 0 saturated heterocycles. The van der Waals surface area contributed by atoms with Crippen molar-refractivity contribution in [1.29, 1.82) is 0 Å². The Morgan fingerprint density at radius 3 is 1.38 bits per heavy atom. The zero-order valence-corrected chi connectivity index (χ0v) is 18.4. The fourth-order valence-electron chi connectivity index (χ4n) is 4.04. The van der Waals surface area contributed by atoms with Crippen molar-refractivity contribution in [3.05, 3.63) is 10.1 Å². The Morgan fingerprint density at radius 1 is 0.714 bits per heavy atom. The maximum absolute atomic E-state index is 6.86. The summed E-state index contributed by atoms with van der Waals surface area (Å²) in [4.78, 5) is -1.45. The molecule has 0 spiro atoms. The van der Waals surface area contributed by atoms with E-state index in [-0.39, 0.29) is 11.8 Å². The number of allylic oxidation sites excluding steroid dienone is 2. The van der Waals surface area contributed by atoms with Crippen LogP contribution in [0.25, 0.3) is 0 Å². The molecule has 120 valence electrons. The molecule has 0 aromatic rings. The largest absolute Gasteiger partial charge is 0.166 e. The summed E-state index contributed by atoms with van der Waals surface area (Å²) in [6, 6.07) is 0. The summed E-state index contributed by atoms with van der Waals surface area (Å²) in [5, 5.41) is 0.628. The lowest BCUT2D eigenvalue weighted by atomic mass is 9.75. The Balaban J connectivity index is 2.10. The van der Waals surface area contributed by atoms with Gasteiger partial charge in [-0.3, -0.25) is 0 Å². The predicted octanol–water partition coefficient (Wildman–Crippen LogP) is 7.17. The van der Waals surface area contributed by atoms with E-state index in [0.29, 0.717) is 19.7 Å². The highest BCUT2D eigenvalue weighted by Gasteiger charge is 2.81. The minimum atomic E-state index is -1.40. The van der Waals surface area contributed by atoms with Gasteiger partial charge >= 0.3 is 0 Å². The molecule has 3 aliphatic carbocycles. The highest BCUT2D eigenvalue weighted by atomic mass is 79.9. The molecule has 2 saturated carbocycles. The van der Waals surface area contributed by atoms with Crippen LogP contribution in [-0.4, -0.2) is 23.7 Å². The van der Waals surface area contributed by atoms with Crippen molar-refractivity contribution < 1.29 is 0 Å². The van der Waals surface area contributed by atoms with E-state index in [1.165, 1.54) is 0 Å². The van der Waals surface area contributed by atoms with E-state index in [0.717, 1.165) is 25.7 Å². The zero-order valence-electron chi connectivity index (χ0n) is 10.7. The number of rotatable bonds is 0. The lowest BCUT2D eigenvalue weighted by Crippen LogP contribution is -2.44. The first-order chi connectivity index (χ1) is 9.60. The highest BCUT2D eigenvalue weighted by Crippen LogP contribution is 2.77. The van der Waals surface area contributed by atoms with Crippen molar-refractivity contribution in [2.45, 2.75) is 49.4 Å². The van der Waals surface area contributed by atoms with Crippen LogP contribution in [0.5, 0.6) is 0 Å². The van der Waals surface area contributed by atoms with Crippen molar-refractivity contribution in [1.82, 2.24) is 0 Å². The normalized spacial score (nSPS) is 52.6. The Hall–Kier alpha value is 2.44. The van der Waals surface area contributed by atoms with Crippen LogP contribution in [0.3, 0.4) is 0 Å². The quantitative estimate of drug-likeness (QED) is 0.286. The molecule has 2 bridgehead atoms. The first-order valence-electron chi connectivity index (χ1n) is 6.70. The summed E-state index contributed by atoms with van der Waals surface area (Å²) in [7, 11) is 0. The molecule has 0 unspecified atom stereocenters. The van der Waals surface area contributed by atoms with Gasteiger partial charge in [0.15, 0.2) is 4.33 Å². The standard InChI is InChI=1S/C13H12Br2Cl6/c14-7-3-1-5-6(2-4-8(7)15)12(19)10(17)9(16)11(5,18)13(12,20)21/h5-8H,1-4H2/t5-,6+,7-,8-,11-,12+/m1/s1. The van der Waals surface area contributed by atoms with Crippen molar-refractivity contribution in [2.75, 3.05) is 0 Å². The predicted molar refractivity (Wildman–Crippen MR) is 101 cm³/mol. The Kier molecular flexibility index (Phi) is 4.97. The van der Waals surface area contributed by atoms with Gasteiger partial charge in [0.25, 0.3) is 0 Å². The van der Waals surface area contributed by atoms with E-state index in [1.54, 1.807) is 0 Å². The van der Waals surface area contributed by atoms with Crippen LogP contribution in [0, 0.1) is 11.8 Å². The second-order valence-electron chi connectivity index (χ2n) is 6.03. The smallest absolute Gasteiger partial charge is 0.109 e. The summed E-state index contributed by atoms with van der Waals surface area (Å²) < 4.78 is -1.40. The maximum Gasteiger partial charge on any atom is 0.166 e. The summed E-state index contributed by atoms with van der Waals surface area (Å²) in [6.45, 7) is 0. The third-order valence-electron chi connectivity index (χ3n) is 5.15. The van der Waals surface area contributed by atoms with Gasteiger partial charge in [0, 0.05) is 9.65 Å². The number of fused-ring (bicyclic) bond motifs is 5. The van der Waals surface area contributed by atoms with Crippen LogP contribution in [-0.2, 0) is 0 Å². The second-order valence-corrected chi connectivity index (χ2v) is 11.7. The van der Waals surface area contributed by atoms with Crippen LogP contribution in [0.4, 0.5) is 0 Å². The summed E-state index contributed by atoms with van der Waals surface area (Å²) in [5.74, 6) is 0.0310. The maximum atomic E-state index is 6.86. The van der Waals surface area contributed by atoms with Gasteiger partial charge in [0.05, 0.1) is 10.1 Å². The van der Waals surface area contributed by atoms with Crippen LogP contribution in [0.2, 0.25) is 0 Å². The molecule has 0 aliphatic heterocycles. The Labute approximate surface area is 171 Å². The van der Waals surface area contributed by atoms with E-state index in [4.69, 9.17) is 69.6 Å². The summed E-state index contributed by atoms with van der Waals surface area (Å²) >= 11 is 47.2. The minimum Gasteiger partial charge on any atom is -0.109 e. The third kappa shape index (κ3) is 2.12. The summed E-state index contributed by atoms with van der Waals surface area (Å²) in [6.07, 6.45) is 3.60. The van der Waals surface area contributed by atoms with E-state index >= 15 is 0 Å². The fraction of sp³-hybridized carbons (Fsp3) is 0.846. The molecule has 3 rings (SSSR count). The van der Waals surface area contributed by atoms with E-state index < -0.39 is 14.1 Å². The first kappa shape index (κ1) is 18.2. The SMILES string of the molecule is ClC1=C(Cl)[C@]2(Cl)[C@@H]3CC[C@@H](Br)[C@H](Br)CC[C@@H]3[C@@]1(Cl)C2(Cl)Cl. The fourth-order valence-corrected chi connectivity index (χ4v) is 8.25. The molecule has 0 heterocycles. The lowest BCUT2D eigenvalue weighted by Gasteiger charge is -2.39. The van der Waals surface area contributed by atoms with Crippen molar-refractivity contribution >= 4 is 101 Å². The molecule has 0 radical (unpaired) electrons. The second kappa shape index (κ2) is 5.73. The number of halogens is 8. The van der Waals surface area contributed by atoms with E-state index in [9.17, 15) is 0 Å². The van der Waals surface area contributed by atoms with Gasteiger partial charge in [-0.1, -0.05) is 78.3 Å². The van der Waals surface area contributed by atoms with Crippen molar-refractivity contribution in [3.63, 3.8) is 0 Å². The summed E-state index contributed by atoms with van der Waals surface area (Å²) in [5.41, 5.74) is 0. The van der Waals surface area contributed by atoms with Gasteiger partial charge in [-0.25, -0.2) is 0 Å². The first-order valence-corrected chi connectivity index (χ1v) is 10.8. The number of alkyl halides is 6. The molecule has 3 aliphatic rings.